The third kappa shape index (κ3) is 5.25. The molecule has 5 heteroatoms. The van der Waals surface area contributed by atoms with Crippen molar-refractivity contribution in [2.24, 2.45) is 0 Å². The largest absolute Gasteiger partial charge is 0.352 e. The average molecular weight is 365 g/mol. The number of nitrogens with one attached hydrogen (secondary N) is 1. The van der Waals surface area contributed by atoms with Gasteiger partial charge in [0.25, 0.3) is 5.91 Å². The molecule has 0 aliphatic carbocycles. The summed E-state index contributed by atoms with van der Waals surface area (Å²) in [6, 6.07) is 16.1. The van der Waals surface area contributed by atoms with E-state index >= 15 is 0 Å². The molecule has 1 fully saturated rings. The van der Waals surface area contributed by atoms with Crippen molar-refractivity contribution < 1.29 is 9.59 Å². The molecule has 2 aromatic rings. The molecule has 1 aliphatic heterocycles. The van der Waals surface area contributed by atoms with E-state index in [0.717, 1.165) is 39.1 Å². The van der Waals surface area contributed by atoms with E-state index < -0.39 is 0 Å². The Hall–Kier alpha value is -2.50. The van der Waals surface area contributed by atoms with Crippen LogP contribution < -0.4 is 5.32 Å². The highest BCUT2D eigenvalue weighted by Crippen LogP contribution is 2.14. The second-order valence-corrected chi connectivity index (χ2v) is 7.00. The first kappa shape index (κ1) is 19.3. The van der Waals surface area contributed by atoms with Crippen LogP contribution in [0.3, 0.4) is 0 Å². The topological polar surface area (TPSA) is 52.6 Å². The van der Waals surface area contributed by atoms with Crippen LogP contribution in [0.15, 0.2) is 54.6 Å². The maximum Gasteiger partial charge on any atom is 0.252 e. The van der Waals surface area contributed by atoms with Crippen LogP contribution in [0.1, 0.15) is 32.7 Å². The number of nitrogens with zero attached hydrogens (tertiary/aromatic N) is 2. The molecule has 142 valence electrons. The fourth-order valence-electron chi connectivity index (χ4n) is 3.30. The van der Waals surface area contributed by atoms with Gasteiger partial charge in [-0.25, -0.2) is 0 Å². The maximum absolute atomic E-state index is 12.7. The average Bonchev–Trinajstić information content (AvgIpc) is 2.72. The number of piperazine rings is 1. The summed E-state index contributed by atoms with van der Waals surface area (Å²) in [6.07, 6.45) is 0.907. The maximum atomic E-state index is 12.7. The standard InChI is InChI=1S/C22H27N3O2/c1-24-14-16-25(17-15-24)13-7-12-23-22(27)20-11-6-5-10-19(20)21(26)18-8-3-2-4-9-18/h2-6,8-11H,7,12-17H2,1H3,(H,23,27). The number of hydrogen-bond donors (Lipinski definition) is 1. The second kappa shape index (κ2) is 9.44. The third-order valence-electron chi connectivity index (χ3n) is 4.98. The first-order valence-corrected chi connectivity index (χ1v) is 9.53. The Morgan fingerprint density at radius 3 is 2.22 bits per heavy atom. The van der Waals surface area contributed by atoms with Crippen LogP contribution in [-0.2, 0) is 0 Å². The number of likely N-dealkylation sites (N-methyl/N-ethyl adjacent to an activating group) is 1. The van der Waals surface area contributed by atoms with Crippen molar-refractivity contribution >= 4 is 11.7 Å². The molecular weight excluding hydrogens is 338 g/mol. The number of carbonyl (C=O) groups is 2. The molecule has 5 nitrogen and oxygen atoms in total. The molecule has 27 heavy (non-hydrogen) atoms. The van der Waals surface area contributed by atoms with Gasteiger partial charge >= 0.3 is 0 Å². The van der Waals surface area contributed by atoms with Crippen molar-refractivity contribution in [3.63, 3.8) is 0 Å². The van der Waals surface area contributed by atoms with Gasteiger partial charge in [-0.3, -0.25) is 9.59 Å². The molecule has 0 aromatic heterocycles. The first-order chi connectivity index (χ1) is 13.1. The van der Waals surface area contributed by atoms with E-state index in [1.807, 2.05) is 18.2 Å². The summed E-state index contributed by atoms with van der Waals surface area (Å²) >= 11 is 0. The van der Waals surface area contributed by atoms with Crippen molar-refractivity contribution in [1.29, 1.82) is 0 Å². The Bertz CT molecular complexity index is 768. The van der Waals surface area contributed by atoms with Gasteiger partial charge in [0.2, 0.25) is 0 Å². The van der Waals surface area contributed by atoms with Crippen LogP contribution >= 0.6 is 0 Å². The van der Waals surface area contributed by atoms with Gasteiger partial charge in [0.15, 0.2) is 5.78 Å². The third-order valence-corrected chi connectivity index (χ3v) is 4.98. The van der Waals surface area contributed by atoms with Crippen molar-refractivity contribution in [2.75, 3.05) is 46.3 Å². The first-order valence-electron chi connectivity index (χ1n) is 9.53. The van der Waals surface area contributed by atoms with Crippen molar-refractivity contribution in [1.82, 2.24) is 15.1 Å². The van der Waals surface area contributed by atoms with E-state index in [1.165, 1.54) is 0 Å². The lowest BCUT2D eigenvalue weighted by atomic mass is 9.98. The normalized spacial score (nSPS) is 15.4. The molecule has 0 bridgehead atoms. The molecule has 0 atom stereocenters. The predicted octanol–water partition coefficient (Wildman–Crippen LogP) is 2.28. The van der Waals surface area contributed by atoms with Gasteiger partial charge in [-0.2, -0.15) is 0 Å². The lowest BCUT2D eigenvalue weighted by molar-refractivity contribution is 0.0938. The van der Waals surface area contributed by atoms with Crippen LogP contribution in [0.25, 0.3) is 0 Å². The molecule has 0 spiro atoms. The van der Waals surface area contributed by atoms with Crippen LogP contribution in [0.2, 0.25) is 0 Å². The highest BCUT2D eigenvalue weighted by atomic mass is 16.2. The zero-order valence-electron chi connectivity index (χ0n) is 15.9. The molecular formula is C22H27N3O2. The summed E-state index contributed by atoms with van der Waals surface area (Å²) in [5.41, 5.74) is 1.47. The fraction of sp³-hybridized carbons (Fsp3) is 0.364. The van der Waals surface area contributed by atoms with Gasteiger partial charge in [-0.15, -0.1) is 0 Å². The summed E-state index contributed by atoms with van der Waals surface area (Å²) in [6.45, 7) is 5.96. The number of amides is 1. The quantitative estimate of drug-likeness (QED) is 0.604. The zero-order chi connectivity index (χ0) is 19.1. The highest BCUT2D eigenvalue weighted by molar-refractivity contribution is 6.15. The molecule has 2 aromatic carbocycles. The van der Waals surface area contributed by atoms with E-state index in [2.05, 4.69) is 22.2 Å². The molecule has 1 aliphatic rings. The number of ketones is 1. The van der Waals surface area contributed by atoms with Gasteiger partial charge in [0, 0.05) is 43.9 Å². The Morgan fingerprint density at radius 2 is 1.52 bits per heavy atom. The van der Waals surface area contributed by atoms with Crippen LogP contribution in [0.5, 0.6) is 0 Å². The molecule has 1 amide bonds. The SMILES string of the molecule is CN1CCN(CCCNC(=O)c2ccccc2C(=O)c2ccccc2)CC1. The van der Waals surface area contributed by atoms with Crippen LogP contribution in [0.4, 0.5) is 0 Å². The highest BCUT2D eigenvalue weighted by Gasteiger charge is 2.18. The monoisotopic (exact) mass is 365 g/mol. The Morgan fingerprint density at radius 1 is 0.889 bits per heavy atom. The second-order valence-electron chi connectivity index (χ2n) is 7.00. The summed E-state index contributed by atoms with van der Waals surface area (Å²) in [4.78, 5) is 30.1. The lowest BCUT2D eigenvalue weighted by Crippen LogP contribution is -2.45. The van der Waals surface area contributed by atoms with Gasteiger partial charge in [-0.1, -0.05) is 48.5 Å². The van der Waals surface area contributed by atoms with Crippen LogP contribution in [0, 0.1) is 0 Å². The Kier molecular flexibility index (Phi) is 6.74. The van der Waals surface area contributed by atoms with E-state index in [0.29, 0.717) is 23.2 Å². The van der Waals surface area contributed by atoms with E-state index in [9.17, 15) is 9.59 Å². The predicted molar refractivity (Wildman–Crippen MR) is 107 cm³/mol. The van der Waals surface area contributed by atoms with Gasteiger partial charge in [0.1, 0.15) is 0 Å². The molecule has 1 saturated heterocycles. The summed E-state index contributed by atoms with van der Waals surface area (Å²) < 4.78 is 0. The zero-order valence-corrected chi connectivity index (χ0v) is 15.9. The lowest BCUT2D eigenvalue weighted by Gasteiger charge is -2.32. The summed E-state index contributed by atoms with van der Waals surface area (Å²) in [5, 5.41) is 2.97. The minimum atomic E-state index is -0.187. The minimum absolute atomic E-state index is 0.126. The molecule has 1 N–H and O–H groups in total. The van der Waals surface area contributed by atoms with E-state index in [1.54, 1.807) is 36.4 Å². The van der Waals surface area contributed by atoms with Crippen molar-refractivity contribution in [2.45, 2.75) is 6.42 Å². The number of benzene rings is 2. The van der Waals surface area contributed by atoms with Crippen molar-refractivity contribution in [3.05, 3.63) is 71.3 Å². The van der Waals surface area contributed by atoms with E-state index in [4.69, 9.17) is 0 Å². The smallest absolute Gasteiger partial charge is 0.252 e. The molecule has 0 radical (unpaired) electrons. The molecule has 0 unspecified atom stereocenters. The van der Waals surface area contributed by atoms with Gasteiger partial charge in [-0.05, 0) is 26.1 Å². The summed E-state index contributed by atoms with van der Waals surface area (Å²) in [5.74, 6) is -0.313. The fourth-order valence-corrected chi connectivity index (χ4v) is 3.30. The van der Waals surface area contributed by atoms with E-state index in [-0.39, 0.29) is 11.7 Å². The van der Waals surface area contributed by atoms with Crippen molar-refractivity contribution in [3.8, 4) is 0 Å². The van der Waals surface area contributed by atoms with Gasteiger partial charge in [0.05, 0.1) is 5.56 Å². The van der Waals surface area contributed by atoms with Gasteiger partial charge < -0.3 is 15.1 Å². The summed E-state index contributed by atoms with van der Waals surface area (Å²) in [7, 11) is 2.14. The molecule has 3 rings (SSSR count). The number of rotatable bonds is 7. The Labute approximate surface area is 161 Å². The Balaban J connectivity index is 1.55. The number of hydrogen-bond acceptors (Lipinski definition) is 4. The molecule has 1 heterocycles. The minimum Gasteiger partial charge on any atom is -0.352 e. The number of carbonyl (C=O) groups excluding carboxylic acids is 2. The van der Waals surface area contributed by atoms with Crippen LogP contribution in [-0.4, -0.2) is 67.8 Å². The molecule has 0 saturated carbocycles.